The highest BCUT2D eigenvalue weighted by atomic mass is 32.2. The first kappa shape index (κ1) is 18.9. The molecule has 0 spiro atoms. The number of nitrogens with one attached hydrogen (secondary N) is 3. The van der Waals surface area contributed by atoms with Crippen LogP contribution in [0.5, 0.6) is 0 Å². The van der Waals surface area contributed by atoms with E-state index in [1.165, 1.54) is 4.88 Å². The molecule has 0 atom stereocenters. The van der Waals surface area contributed by atoms with E-state index < -0.39 is 10.0 Å². The zero-order valence-electron chi connectivity index (χ0n) is 13.3. The first-order valence-corrected chi connectivity index (χ1v) is 9.98. The van der Waals surface area contributed by atoms with Crippen molar-refractivity contribution >= 4 is 27.3 Å². The SMILES string of the molecule is CCc1cnc(CCNC(=NC)NCCCNS(C)(=O)=O)s1. The van der Waals surface area contributed by atoms with Gasteiger partial charge in [-0.15, -0.1) is 11.3 Å². The summed E-state index contributed by atoms with van der Waals surface area (Å²) in [6, 6.07) is 0. The summed E-state index contributed by atoms with van der Waals surface area (Å²) in [5.74, 6) is 0.714. The van der Waals surface area contributed by atoms with Gasteiger partial charge in [0.05, 0.1) is 11.3 Å². The van der Waals surface area contributed by atoms with Gasteiger partial charge in [0.2, 0.25) is 10.0 Å². The minimum absolute atomic E-state index is 0.418. The zero-order chi connectivity index (χ0) is 16.4. The van der Waals surface area contributed by atoms with Crippen molar-refractivity contribution in [1.82, 2.24) is 20.3 Å². The van der Waals surface area contributed by atoms with E-state index in [-0.39, 0.29) is 0 Å². The van der Waals surface area contributed by atoms with Crippen LogP contribution in [0.3, 0.4) is 0 Å². The number of rotatable bonds is 9. The number of thiazole rings is 1. The van der Waals surface area contributed by atoms with Gasteiger partial charge in [0.1, 0.15) is 0 Å². The van der Waals surface area contributed by atoms with Crippen LogP contribution in [0.1, 0.15) is 23.2 Å². The highest BCUT2D eigenvalue weighted by Gasteiger charge is 2.02. The Hall–Kier alpha value is -1.19. The van der Waals surface area contributed by atoms with Crippen LogP contribution >= 0.6 is 11.3 Å². The lowest BCUT2D eigenvalue weighted by Crippen LogP contribution is -2.39. The molecule has 126 valence electrons. The average molecular weight is 348 g/mol. The third-order valence-corrected chi connectivity index (χ3v) is 4.75. The molecular formula is C13H25N5O2S2. The van der Waals surface area contributed by atoms with Crippen LogP contribution in [0.15, 0.2) is 11.2 Å². The summed E-state index contributed by atoms with van der Waals surface area (Å²) in [4.78, 5) is 9.80. The molecule has 1 rings (SSSR count). The summed E-state index contributed by atoms with van der Waals surface area (Å²) in [6.07, 6.45) is 5.67. The fourth-order valence-corrected chi connectivity index (χ4v) is 3.07. The van der Waals surface area contributed by atoms with Gasteiger partial charge in [-0.1, -0.05) is 6.92 Å². The molecule has 0 unspecified atom stereocenters. The maximum Gasteiger partial charge on any atom is 0.208 e. The lowest BCUT2D eigenvalue weighted by atomic mass is 10.4. The summed E-state index contributed by atoms with van der Waals surface area (Å²) < 4.78 is 24.3. The van der Waals surface area contributed by atoms with E-state index in [0.29, 0.717) is 25.5 Å². The smallest absolute Gasteiger partial charge is 0.208 e. The molecule has 0 amide bonds. The molecule has 0 aliphatic rings. The number of aryl methyl sites for hydroxylation is 1. The van der Waals surface area contributed by atoms with Gasteiger partial charge in [-0.05, 0) is 12.8 Å². The molecule has 0 aliphatic carbocycles. The number of aliphatic imine (C=N–C) groups is 1. The fraction of sp³-hybridized carbons (Fsp3) is 0.692. The minimum atomic E-state index is -3.10. The number of sulfonamides is 1. The molecule has 0 aliphatic heterocycles. The Morgan fingerprint density at radius 3 is 2.64 bits per heavy atom. The van der Waals surface area contributed by atoms with E-state index in [1.54, 1.807) is 18.4 Å². The van der Waals surface area contributed by atoms with Crippen molar-refractivity contribution in [1.29, 1.82) is 0 Å². The predicted octanol–water partition coefficient (Wildman–Crippen LogP) is 0.352. The second kappa shape index (κ2) is 9.75. The van der Waals surface area contributed by atoms with Gasteiger partial charge in [-0.2, -0.15) is 0 Å². The normalized spacial score (nSPS) is 12.4. The molecule has 1 aromatic rings. The molecule has 3 N–H and O–H groups in total. The van der Waals surface area contributed by atoms with E-state index in [4.69, 9.17) is 0 Å². The molecule has 1 aromatic heterocycles. The second-order valence-electron chi connectivity index (χ2n) is 4.77. The highest BCUT2D eigenvalue weighted by molar-refractivity contribution is 7.88. The van der Waals surface area contributed by atoms with Crippen molar-refractivity contribution < 1.29 is 8.42 Å². The van der Waals surface area contributed by atoms with Crippen molar-refractivity contribution in [2.45, 2.75) is 26.2 Å². The Morgan fingerprint density at radius 2 is 2.05 bits per heavy atom. The van der Waals surface area contributed by atoms with Crippen molar-refractivity contribution in [2.24, 2.45) is 4.99 Å². The number of aromatic nitrogens is 1. The fourth-order valence-electron chi connectivity index (χ4n) is 1.69. The molecule has 0 fully saturated rings. The number of nitrogens with zero attached hydrogens (tertiary/aromatic N) is 2. The summed E-state index contributed by atoms with van der Waals surface area (Å²) >= 11 is 1.74. The third kappa shape index (κ3) is 8.30. The Labute approximate surface area is 136 Å². The highest BCUT2D eigenvalue weighted by Crippen LogP contribution is 2.13. The zero-order valence-corrected chi connectivity index (χ0v) is 15.0. The van der Waals surface area contributed by atoms with Crippen LogP contribution in [0, 0.1) is 0 Å². The molecule has 1 heterocycles. The standard InChI is InChI=1S/C13H25N5O2S2/c1-4-11-10-17-12(21-11)6-9-16-13(14-2)15-7-5-8-18-22(3,19)20/h10,18H,4-9H2,1-3H3,(H2,14,15,16). The van der Waals surface area contributed by atoms with E-state index in [1.807, 2.05) is 6.20 Å². The summed E-state index contributed by atoms with van der Waals surface area (Å²) in [5, 5.41) is 7.49. The molecule has 9 heteroatoms. The molecule has 7 nitrogen and oxygen atoms in total. The van der Waals surface area contributed by atoms with E-state index in [9.17, 15) is 8.42 Å². The van der Waals surface area contributed by atoms with Gasteiger partial charge in [-0.3, -0.25) is 4.99 Å². The molecule has 0 saturated heterocycles. The van der Waals surface area contributed by atoms with E-state index in [2.05, 4.69) is 32.3 Å². The number of hydrogen-bond acceptors (Lipinski definition) is 5. The van der Waals surface area contributed by atoms with Crippen LogP contribution in [0.2, 0.25) is 0 Å². The van der Waals surface area contributed by atoms with Crippen molar-refractivity contribution in [3.05, 3.63) is 16.1 Å². The van der Waals surface area contributed by atoms with E-state index >= 15 is 0 Å². The van der Waals surface area contributed by atoms with Crippen LogP contribution in [-0.4, -0.2) is 52.3 Å². The van der Waals surface area contributed by atoms with Crippen LogP contribution in [0.25, 0.3) is 0 Å². The molecular weight excluding hydrogens is 322 g/mol. The molecule has 0 aromatic carbocycles. The summed E-state index contributed by atoms with van der Waals surface area (Å²) in [6.45, 7) is 3.96. The topological polar surface area (TPSA) is 95.5 Å². The predicted molar refractivity (Wildman–Crippen MR) is 92.0 cm³/mol. The largest absolute Gasteiger partial charge is 0.356 e. The van der Waals surface area contributed by atoms with Crippen molar-refractivity contribution in [3.8, 4) is 0 Å². The average Bonchev–Trinajstić information content (AvgIpc) is 2.92. The van der Waals surface area contributed by atoms with Crippen molar-refractivity contribution in [3.63, 3.8) is 0 Å². The van der Waals surface area contributed by atoms with Crippen LogP contribution in [0.4, 0.5) is 0 Å². The first-order valence-electron chi connectivity index (χ1n) is 7.27. The molecule has 22 heavy (non-hydrogen) atoms. The molecule has 0 radical (unpaired) electrons. The summed E-state index contributed by atoms with van der Waals surface area (Å²) in [7, 11) is -1.39. The Balaban J connectivity index is 2.17. The van der Waals surface area contributed by atoms with Gasteiger partial charge >= 0.3 is 0 Å². The lowest BCUT2D eigenvalue weighted by Gasteiger charge is -2.11. The third-order valence-electron chi connectivity index (χ3n) is 2.82. The lowest BCUT2D eigenvalue weighted by molar-refractivity contribution is 0.584. The monoisotopic (exact) mass is 347 g/mol. The van der Waals surface area contributed by atoms with E-state index in [0.717, 1.165) is 30.6 Å². The second-order valence-corrected chi connectivity index (χ2v) is 7.80. The van der Waals surface area contributed by atoms with Gasteiger partial charge in [0.25, 0.3) is 0 Å². The number of hydrogen-bond donors (Lipinski definition) is 3. The molecule has 0 bridgehead atoms. The van der Waals surface area contributed by atoms with Crippen LogP contribution in [-0.2, 0) is 22.9 Å². The van der Waals surface area contributed by atoms with Gasteiger partial charge < -0.3 is 10.6 Å². The molecule has 0 saturated carbocycles. The Kier molecular flexibility index (Phi) is 8.36. The minimum Gasteiger partial charge on any atom is -0.356 e. The van der Waals surface area contributed by atoms with Gasteiger partial charge in [0.15, 0.2) is 5.96 Å². The number of guanidine groups is 1. The van der Waals surface area contributed by atoms with Crippen molar-refractivity contribution in [2.75, 3.05) is 32.9 Å². The summed E-state index contributed by atoms with van der Waals surface area (Å²) in [5.41, 5.74) is 0. The Morgan fingerprint density at radius 1 is 1.32 bits per heavy atom. The van der Waals surface area contributed by atoms with Gasteiger partial charge in [-0.25, -0.2) is 18.1 Å². The van der Waals surface area contributed by atoms with Gasteiger partial charge in [0, 0.05) is 44.2 Å². The van der Waals surface area contributed by atoms with Crippen LogP contribution < -0.4 is 15.4 Å². The first-order chi connectivity index (χ1) is 10.4. The Bertz CT molecular complexity index is 569. The maximum absolute atomic E-state index is 10.9. The quantitative estimate of drug-likeness (QED) is 0.340. The maximum atomic E-state index is 10.9.